The number of hydrogen-bond acceptors (Lipinski definition) is 7. The number of aliphatic hydroxyl groups is 1. The van der Waals surface area contributed by atoms with Crippen LogP contribution in [0.2, 0.25) is 0 Å². The Morgan fingerprint density at radius 2 is 1.90 bits per heavy atom. The molecule has 0 saturated carbocycles. The normalized spacial score (nSPS) is 17.1. The van der Waals surface area contributed by atoms with Crippen molar-refractivity contribution in [2.75, 3.05) is 32.7 Å². The van der Waals surface area contributed by atoms with Crippen molar-refractivity contribution >= 4 is 23.4 Å². The number of carbonyl (C=O) groups excluding carboxylic acids is 2. The zero-order chi connectivity index (χ0) is 22.4. The lowest BCUT2D eigenvalue weighted by Gasteiger charge is -2.34. The fourth-order valence-corrected chi connectivity index (χ4v) is 3.16. The van der Waals surface area contributed by atoms with Gasteiger partial charge in [-0.15, -0.1) is 0 Å². The van der Waals surface area contributed by atoms with Crippen molar-refractivity contribution in [1.29, 1.82) is 5.41 Å². The summed E-state index contributed by atoms with van der Waals surface area (Å²) in [6.07, 6.45) is -2.95. The molecule has 2 aromatic carbocycles. The Kier molecular flexibility index (Phi) is 7.22. The molecule has 3 N–H and O–H groups in total. The number of hydrogen-bond donors (Lipinski definition) is 3. The van der Waals surface area contributed by atoms with E-state index in [1.54, 1.807) is 48.4 Å². The monoisotopic (exact) mass is 427 g/mol. The summed E-state index contributed by atoms with van der Waals surface area (Å²) in [5, 5.41) is 20.6. The van der Waals surface area contributed by atoms with E-state index in [0.717, 1.165) is 5.56 Å². The molecular formula is C22H25N3O6. The van der Waals surface area contributed by atoms with Gasteiger partial charge in [0.25, 0.3) is 11.8 Å². The first-order chi connectivity index (χ1) is 14.9. The van der Waals surface area contributed by atoms with Crippen LogP contribution >= 0.6 is 0 Å². The number of amides is 2. The summed E-state index contributed by atoms with van der Waals surface area (Å²) in [6, 6.07) is 13.7. The minimum absolute atomic E-state index is 0.00364. The molecular weight excluding hydrogens is 402 g/mol. The van der Waals surface area contributed by atoms with Gasteiger partial charge in [0.15, 0.2) is 12.2 Å². The van der Waals surface area contributed by atoms with Crippen LogP contribution in [0.3, 0.4) is 0 Å². The van der Waals surface area contributed by atoms with Gasteiger partial charge in [-0.1, -0.05) is 12.1 Å². The second-order valence-corrected chi connectivity index (χ2v) is 6.94. The molecule has 2 atom stereocenters. The van der Waals surface area contributed by atoms with E-state index in [4.69, 9.17) is 19.6 Å². The fraction of sp³-hybridized carbons (Fsp3) is 0.318. The average Bonchev–Trinajstić information content (AvgIpc) is 2.80. The van der Waals surface area contributed by atoms with Crippen molar-refractivity contribution in [3.8, 4) is 5.75 Å². The van der Waals surface area contributed by atoms with E-state index in [1.165, 1.54) is 7.11 Å². The third-order valence-electron chi connectivity index (χ3n) is 4.92. The van der Waals surface area contributed by atoms with Crippen LogP contribution in [0.15, 0.2) is 48.5 Å². The lowest BCUT2D eigenvalue weighted by atomic mass is 10.1. The fourth-order valence-electron chi connectivity index (χ4n) is 3.16. The van der Waals surface area contributed by atoms with E-state index < -0.39 is 24.0 Å². The SMILES string of the molecule is COC(=N)c1ccc(NC(=O)[C@H](O)[C@H]2OCCN(Cc3ccc(OC)cc3)C2=O)cc1. The topological polar surface area (TPSA) is 121 Å². The van der Waals surface area contributed by atoms with Crippen LogP contribution in [-0.4, -0.2) is 67.3 Å². The Labute approximate surface area is 180 Å². The molecule has 0 bridgehead atoms. The molecule has 0 unspecified atom stereocenters. The van der Waals surface area contributed by atoms with Gasteiger partial charge < -0.3 is 29.5 Å². The first-order valence-corrected chi connectivity index (χ1v) is 9.68. The average molecular weight is 427 g/mol. The number of rotatable bonds is 7. The van der Waals surface area contributed by atoms with E-state index in [0.29, 0.717) is 30.1 Å². The van der Waals surface area contributed by atoms with Gasteiger partial charge in [0.1, 0.15) is 5.75 Å². The number of anilines is 1. The number of ether oxygens (including phenoxy) is 3. The summed E-state index contributed by atoms with van der Waals surface area (Å²) in [7, 11) is 2.98. The van der Waals surface area contributed by atoms with Crippen LogP contribution in [-0.2, 0) is 25.6 Å². The highest BCUT2D eigenvalue weighted by molar-refractivity contribution is 5.99. The lowest BCUT2D eigenvalue weighted by Crippen LogP contribution is -2.54. The van der Waals surface area contributed by atoms with E-state index in [1.807, 2.05) is 12.1 Å². The second-order valence-electron chi connectivity index (χ2n) is 6.94. The number of aliphatic hydroxyl groups excluding tert-OH is 1. The van der Waals surface area contributed by atoms with E-state index >= 15 is 0 Å². The van der Waals surface area contributed by atoms with Gasteiger partial charge in [-0.2, -0.15) is 0 Å². The molecule has 9 nitrogen and oxygen atoms in total. The predicted octanol–water partition coefficient (Wildman–Crippen LogP) is 1.39. The van der Waals surface area contributed by atoms with Crippen molar-refractivity contribution < 1.29 is 28.9 Å². The van der Waals surface area contributed by atoms with Crippen molar-refractivity contribution in [3.63, 3.8) is 0 Å². The van der Waals surface area contributed by atoms with Gasteiger partial charge in [-0.05, 0) is 42.0 Å². The van der Waals surface area contributed by atoms with Crippen LogP contribution in [0, 0.1) is 5.41 Å². The van der Waals surface area contributed by atoms with Crippen molar-refractivity contribution in [2.45, 2.75) is 18.8 Å². The molecule has 164 valence electrons. The van der Waals surface area contributed by atoms with Gasteiger partial charge in [0.2, 0.25) is 5.90 Å². The number of methoxy groups -OCH3 is 2. The van der Waals surface area contributed by atoms with Crippen LogP contribution in [0.4, 0.5) is 5.69 Å². The molecule has 1 fully saturated rings. The van der Waals surface area contributed by atoms with Crippen LogP contribution in [0.5, 0.6) is 5.75 Å². The maximum absolute atomic E-state index is 12.8. The Hall–Kier alpha value is -3.43. The van der Waals surface area contributed by atoms with E-state index in [-0.39, 0.29) is 12.5 Å². The highest BCUT2D eigenvalue weighted by Crippen LogP contribution is 2.18. The summed E-state index contributed by atoms with van der Waals surface area (Å²) in [6.45, 7) is 0.914. The number of nitrogens with zero attached hydrogens (tertiary/aromatic N) is 1. The van der Waals surface area contributed by atoms with E-state index in [9.17, 15) is 14.7 Å². The molecule has 9 heteroatoms. The Bertz CT molecular complexity index is 929. The molecule has 2 aromatic rings. The molecule has 3 rings (SSSR count). The third-order valence-corrected chi connectivity index (χ3v) is 4.92. The van der Waals surface area contributed by atoms with Crippen LogP contribution < -0.4 is 10.1 Å². The Morgan fingerprint density at radius 3 is 2.52 bits per heavy atom. The number of nitrogens with one attached hydrogen (secondary N) is 2. The largest absolute Gasteiger partial charge is 0.497 e. The first-order valence-electron chi connectivity index (χ1n) is 9.68. The zero-order valence-corrected chi connectivity index (χ0v) is 17.3. The minimum Gasteiger partial charge on any atom is -0.497 e. The molecule has 1 saturated heterocycles. The third kappa shape index (κ3) is 5.39. The van der Waals surface area contributed by atoms with Gasteiger partial charge in [0, 0.05) is 24.3 Å². The molecule has 1 aliphatic heterocycles. The number of carbonyl (C=O) groups is 2. The van der Waals surface area contributed by atoms with Gasteiger partial charge >= 0.3 is 0 Å². The standard InChI is InChI=1S/C22H25N3O6/c1-29-17-9-3-14(4-10-17)13-25-11-12-31-19(22(25)28)18(26)21(27)24-16-7-5-15(6-8-16)20(23)30-2/h3-10,18-19,23,26H,11-13H2,1-2H3,(H,24,27)/t18-,19-/m1/s1. The van der Waals surface area contributed by atoms with Crippen molar-refractivity contribution in [3.05, 3.63) is 59.7 Å². The molecule has 2 amide bonds. The highest BCUT2D eigenvalue weighted by atomic mass is 16.5. The van der Waals surface area contributed by atoms with Crippen molar-refractivity contribution in [1.82, 2.24) is 4.90 Å². The van der Waals surface area contributed by atoms with E-state index in [2.05, 4.69) is 5.32 Å². The lowest BCUT2D eigenvalue weighted by molar-refractivity contribution is -0.166. The summed E-state index contributed by atoms with van der Waals surface area (Å²) in [5.41, 5.74) is 1.85. The summed E-state index contributed by atoms with van der Waals surface area (Å²) < 4.78 is 15.4. The quantitative estimate of drug-likeness (QED) is 0.454. The smallest absolute Gasteiger partial charge is 0.256 e. The van der Waals surface area contributed by atoms with Crippen LogP contribution in [0.1, 0.15) is 11.1 Å². The molecule has 1 heterocycles. The number of morpholine rings is 1. The van der Waals surface area contributed by atoms with Gasteiger partial charge in [0.05, 0.1) is 20.8 Å². The summed E-state index contributed by atoms with van der Waals surface area (Å²) >= 11 is 0. The Balaban J connectivity index is 1.61. The maximum Gasteiger partial charge on any atom is 0.256 e. The minimum atomic E-state index is -1.66. The second kappa shape index (κ2) is 10.1. The predicted molar refractivity (Wildman–Crippen MR) is 113 cm³/mol. The molecule has 31 heavy (non-hydrogen) atoms. The van der Waals surface area contributed by atoms with Crippen molar-refractivity contribution in [2.24, 2.45) is 0 Å². The number of benzene rings is 2. The molecule has 1 aliphatic rings. The summed E-state index contributed by atoms with van der Waals surface area (Å²) in [5.74, 6) is -0.488. The molecule has 0 radical (unpaired) electrons. The summed E-state index contributed by atoms with van der Waals surface area (Å²) in [4.78, 5) is 26.8. The van der Waals surface area contributed by atoms with Crippen LogP contribution in [0.25, 0.3) is 0 Å². The maximum atomic E-state index is 12.8. The first kappa shape index (κ1) is 22.3. The van der Waals surface area contributed by atoms with Gasteiger partial charge in [-0.25, -0.2) is 0 Å². The molecule has 0 aromatic heterocycles. The zero-order valence-electron chi connectivity index (χ0n) is 17.3. The Morgan fingerprint density at radius 1 is 1.23 bits per heavy atom. The van der Waals surface area contributed by atoms with Gasteiger partial charge in [-0.3, -0.25) is 15.0 Å². The molecule has 0 spiro atoms. The molecule has 0 aliphatic carbocycles. The highest BCUT2D eigenvalue weighted by Gasteiger charge is 2.38.